The molecule has 2 aromatic rings. The van der Waals surface area contributed by atoms with E-state index in [-0.39, 0.29) is 5.91 Å². The van der Waals surface area contributed by atoms with Gasteiger partial charge in [-0.3, -0.25) is 4.79 Å². The third-order valence-electron chi connectivity index (χ3n) is 3.87. The highest BCUT2D eigenvalue weighted by Crippen LogP contribution is 2.22. The molecular weight excluding hydrogens is 274 g/mol. The Kier molecular flexibility index (Phi) is 4.39. The number of para-hydroxylation sites is 2. The van der Waals surface area contributed by atoms with Crippen LogP contribution in [-0.4, -0.2) is 36.5 Å². The van der Waals surface area contributed by atoms with E-state index in [1.165, 1.54) is 0 Å². The van der Waals surface area contributed by atoms with E-state index in [9.17, 15) is 4.79 Å². The number of rotatable bonds is 3. The van der Waals surface area contributed by atoms with Crippen LogP contribution in [-0.2, 0) is 0 Å². The molecule has 1 aliphatic rings. The fraction of sp³-hybridized carbons (Fsp3) is 0.278. The molecule has 3 rings (SSSR count). The van der Waals surface area contributed by atoms with Crippen molar-refractivity contribution in [3.8, 4) is 0 Å². The minimum absolute atomic E-state index is 0.0902. The topological polar surface area (TPSA) is 44.4 Å². The molecule has 4 nitrogen and oxygen atoms in total. The summed E-state index contributed by atoms with van der Waals surface area (Å²) in [6.07, 6.45) is 0. The van der Waals surface area contributed by atoms with Crippen LogP contribution in [0.1, 0.15) is 17.3 Å². The normalized spacial score (nSPS) is 18.0. The fourth-order valence-corrected chi connectivity index (χ4v) is 2.74. The maximum absolute atomic E-state index is 12.8. The summed E-state index contributed by atoms with van der Waals surface area (Å²) in [5.74, 6) is 0.0902. The molecule has 1 saturated heterocycles. The quantitative estimate of drug-likeness (QED) is 0.915. The van der Waals surface area contributed by atoms with Crippen LogP contribution >= 0.6 is 0 Å². The Morgan fingerprint density at radius 3 is 2.64 bits per heavy atom. The number of hydrogen-bond donors (Lipinski definition) is 2. The molecule has 0 bridgehead atoms. The summed E-state index contributed by atoms with van der Waals surface area (Å²) in [5.41, 5.74) is 2.56. The number of amides is 1. The zero-order valence-corrected chi connectivity index (χ0v) is 12.8. The van der Waals surface area contributed by atoms with Crippen molar-refractivity contribution >= 4 is 17.3 Å². The molecule has 1 unspecified atom stereocenters. The molecule has 1 atom stereocenters. The second-order valence-electron chi connectivity index (χ2n) is 5.64. The van der Waals surface area contributed by atoms with Gasteiger partial charge in [0, 0.05) is 31.4 Å². The van der Waals surface area contributed by atoms with Crippen molar-refractivity contribution in [3.63, 3.8) is 0 Å². The second-order valence-corrected chi connectivity index (χ2v) is 5.64. The van der Waals surface area contributed by atoms with Gasteiger partial charge in [0.05, 0.1) is 11.3 Å². The molecule has 22 heavy (non-hydrogen) atoms. The van der Waals surface area contributed by atoms with E-state index < -0.39 is 0 Å². The molecular formula is C18H21N3O. The average Bonchev–Trinajstić information content (AvgIpc) is 2.56. The molecule has 2 N–H and O–H groups in total. The molecule has 1 fully saturated rings. The summed E-state index contributed by atoms with van der Waals surface area (Å²) >= 11 is 0. The predicted molar refractivity (Wildman–Crippen MR) is 89.5 cm³/mol. The van der Waals surface area contributed by atoms with E-state index in [1.807, 2.05) is 59.5 Å². The zero-order valence-electron chi connectivity index (χ0n) is 12.8. The number of carbonyl (C=O) groups excluding carboxylic acids is 1. The molecule has 0 aromatic heterocycles. The Balaban J connectivity index is 1.83. The van der Waals surface area contributed by atoms with Crippen molar-refractivity contribution in [2.45, 2.75) is 13.0 Å². The molecule has 1 heterocycles. The van der Waals surface area contributed by atoms with Crippen LogP contribution in [0.3, 0.4) is 0 Å². The van der Waals surface area contributed by atoms with Crippen molar-refractivity contribution in [2.24, 2.45) is 0 Å². The van der Waals surface area contributed by atoms with Gasteiger partial charge in [-0.15, -0.1) is 0 Å². The van der Waals surface area contributed by atoms with Crippen LogP contribution in [0.2, 0.25) is 0 Å². The first kappa shape index (κ1) is 14.6. The van der Waals surface area contributed by atoms with Crippen LogP contribution in [0.25, 0.3) is 0 Å². The standard InChI is InChI=1S/C18H21N3O/c1-14-13-21(12-11-19-14)18(22)16-9-5-6-10-17(16)20-15-7-3-2-4-8-15/h2-10,14,19-20H,11-13H2,1H3. The van der Waals surface area contributed by atoms with Crippen molar-refractivity contribution < 1.29 is 4.79 Å². The van der Waals surface area contributed by atoms with Gasteiger partial charge in [0.2, 0.25) is 0 Å². The van der Waals surface area contributed by atoms with Gasteiger partial charge in [-0.2, -0.15) is 0 Å². The summed E-state index contributed by atoms with van der Waals surface area (Å²) < 4.78 is 0. The number of benzene rings is 2. The number of hydrogen-bond acceptors (Lipinski definition) is 3. The number of carbonyl (C=O) groups is 1. The summed E-state index contributed by atoms with van der Waals surface area (Å²) in [6, 6.07) is 18.0. The Hall–Kier alpha value is -2.33. The number of nitrogens with zero attached hydrogens (tertiary/aromatic N) is 1. The largest absolute Gasteiger partial charge is 0.355 e. The summed E-state index contributed by atoms with van der Waals surface area (Å²) in [7, 11) is 0. The van der Waals surface area contributed by atoms with Crippen LogP contribution in [0.4, 0.5) is 11.4 Å². The van der Waals surface area contributed by atoms with Crippen LogP contribution in [0.15, 0.2) is 54.6 Å². The first-order valence-corrected chi connectivity index (χ1v) is 7.68. The summed E-state index contributed by atoms with van der Waals surface area (Å²) in [5, 5.41) is 6.70. The minimum Gasteiger partial charge on any atom is -0.355 e. The lowest BCUT2D eigenvalue weighted by atomic mass is 10.1. The van der Waals surface area contributed by atoms with E-state index in [0.29, 0.717) is 6.04 Å². The highest BCUT2D eigenvalue weighted by atomic mass is 16.2. The van der Waals surface area contributed by atoms with Gasteiger partial charge < -0.3 is 15.5 Å². The van der Waals surface area contributed by atoms with Crippen LogP contribution in [0, 0.1) is 0 Å². The van der Waals surface area contributed by atoms with Crippen LogP contribution in [0.5, 0.6) is 0 Å². The molecule has 2 aromatic carbocycles. The highest BCUT2D eigenvalue weighted by molar-refractivity contribution is 6.00. The smallest absolute Gasteiger partial charge is 0.256 e. The van der Waals surface area contributed by atoms with E-state index in [0.717, 1.165) is 36.6 Å². The average molecular weight is 295 g/mol. The van der Waals surface area contributed by atoms with Gasteiger partial charge in [0.25, 0.3) is 5.91 Å². The third-order valence-corrected chi connectivity index (χ3v) is 3.87. The molecule has 114 valence electrons. The lowest BCUT2D eigenvalue weighted by molar-refractivity contribution is 0.0710. The van der Waals surface area contributed by atoms with Gasteiger partial charge in [-0.25, -0.2) is 0 Å². The number of nitrogens with one attached hydrogen (secondary N) is 2. The van der Waals surface area contributed by atoms with E-state index in [4.69, 9.17) is 0 Å². The molecule has 4 heteroatoms. The molecule has 0 saturated carbocycles. The Morgan fingerprint density at radius 2 is 1.86 bits per heavy atom. The molecule has 0 spiro atoms. The Morgan fingerprint density at radius 1 is 1.14 bits per heavy atom. The zero-order chi connectivity index (χ0) is 15.4. The first-order valence-electron chi connectivity index (χ1n) is 7.68. The second kappa shape index (κ2) is 6.62. The Labute approximate surface area is 131 Å². The van der Waals surface area contributed by atoms with Gasteiger partial charge in [-0.1, -0.05) is 30.3 Å². The highest BCUT2D eigenvalue weighted by Gasteiger charge is 2.23. The lowest BCUT2D eigenvalue weighted by Gasteiger charge is -2.32. The molecule has 0 radical (unpaired) electrons. The van der Waals surface area contributed by atoms with Gasteiger partial charge in [0.1, 0.15) is 0 Å². The van der Waals surface area contributed by atoms with Crippen molar-refractivity contribution in [3.05, 3.63) is 60.2 Å². The van der Waals surface area contributed by atoms with Crippen LogP contribution < -0.4 is 10.6 Å². The van der Waals surface area contributed by atoms with E-state index >= 15 is 0 Å². The summed E-state index contributed by atoms with van der Waals surface area (Å²) in [4.78, 5) is 14.7. The minimum atomic E-state index is 0.0902. The maximum atomic E-state index is 12.8. The monoisotopic (exact) mass is 295 g/mol. The number of piperazine rings is 1. The molecule has 0 aliphatic carbocycles. The van der Waals surface area contributed by atoms with E-state index in [1.54, 1.807) is 0 Å². The van der Waals surface area contributed by atoms with Gasteiger partial charge in [0.15, 0.2) is 0 Å². The SMILES string of the molecule is CC1CN(C(=O)c2ccccc2Nc2ccccc2)CCN1. The molecule has 1 aliphatic heterocycles. The van der Waals surface area contributed by atoms with E-state index in [2.05, 4.69) is 17.6 Å². The van der Waals surface area contributed by atoms with Gasteiger partial charge in [-0.05, 0) is 31.2 Å². The van der Waals surface area contributed by atoms with Crippen molar-refractivity contribution in [2.75, 3.05) is 25.0 Å². The van der Waals surface area contributed by atoms with Gasteiger partial charge >= 0.3 is 0 Å². The maximum Gasteiger partial charge on any atom is 0.256 e. The molecule has 1 amide bonds. The lowest BCUT2D eigenvalue weighted by Crippen LogP contribution is -2.51. The predicted octanol–water partition coefficient (Wildman–Crippen LogP) is 2.86. The van der Waals surface area contributed by atoms with Crippen molar-refractivity contribution in [1.29, 1.82) is 0 Å². The Bertz CT molecular complexity index is 642. The summed E-state index contributed by atoms with van der Waals surface area (Å²) in [6.45, 7) is 4.45. The van der Waals surface area contributed by atoms with Crippen molar-refractivity contribution in [1.82, 2.24) is 10.2 Å². The fourth-order valence-electron chi connectivity index (χ4n) is 2.74. The number of anilines is 2. The third kappa shape index (κ3) is 3.28. The first-order chi connectivity index (χ1) is 10.7.